The highest BCUT2D eigenvalue weighted by Crippen LogP contribution is 2.14. The standard InChI is InChI=1S/C22H25N5OS/c1-5-17-11-13-18(14-12-17)15(2)24-25-22(29)23-20-16(3)26(4)27(21(20)28)19-9-7-6-8-10-19/h6-14H,5H2,1-4H3,(H2,23,25,29)/b24-15-. The van der Waals surface area contributed by atoms with E-state index in [1.807, 2.05) is 63.4 Å². The van der Waals surface area contributed by atoms with Crippen molar-refractivity contribution in [3.05, 3.63) is 81.8 Å². The van der Waals surface area contributed by atoms with Crippen molar-refractivity contribution in [3.8, 4) is 5.69 Å². The maximum Gasteiger partial charge on any atom is 0.295 e. The van der Waals surface area contributed by atoms with Gasteiger partial charge in [-0.25, -0.2) is 4.68 Å². The van der Waals surface area contributed by atoms with Crippen molar-refractivity contribution in [2.75, 3.05) is 5.32 Å². The monoisotopic (exact) mass is 407 g/mol. The van der Waals surface area contributed by atoms with Crippen LogP contribution >= 0.6 is 12.2 Å². The molecule has 0 saturated carbocycles. The molecule has 3 aromatic rings. The molecular formula is C22H25N5OS. The molecule has 0 spiro atoms. The number of nitrogens with zero attached hydrogens (tertiary/aromatic N) is 3. The second-order valence-corrected chi connectivity index (χ2v) is 7.16. The van der Waals surface area contributed by atoms with E-state index in [4.69, 9.17) is 12.2 Å². The summed E-state index contributed by atoms with van der Waals surface area (Å²) in [6.07, 6.45) is 1.000. The third-order valence-corrected chi connectivity index (χ3v) is 5.09. The summed E-state index contributed by atoms with van der Waals surface area (Å²) < 4.78 is 3.40. The van der Waals surface area contributed by atoms with E-state index in [2.05, 4.69) is 34.9 Å². The van der Waals surface area contributed by atoms with Gasteiger partial charge in [-0.15, -0.1) is 0 Å². The number of anilines is 1. The molecule has 0 aliphatic carbocycles. The van der Waals surface area contributed by atoms with E-state index >= 15 is 0 Å². The van der Waals surface area contributed by atoms with Gasteiger partial charge in [-0.3, -0.25) is 14.9 Å². The van der Waals surface area contributed by atoms with Crippen LogP contribution in [0.15, 0.2) is 64.5 Å². The molecule has 0 fully saturated rings. The van der Waals surface area contributed by atoms with Crippen molar-refractivity contribution in [1.82, 2.24) is 14.8 Å². The molecule has 3 rings (SSSR count). The van der Waals surface area contributed by atoms with Gasteiger partial charge in [0, 0.05) is 7.05 Å². The van der Waals surface area contributed by atoms with Gasteiger partial charge in [0.1, 0.15) is 5.69 Å². The molecule has 0 radical (unpaired) electrons. The minimum atomic E-state index is -0.170. The first kappa shape index (κ1) is 20.5. The highest BCUT2D eigenvalue weighted by atomic mass is 32.1. The minimum absolute atomic E-state index is 0.170. The summed E-state index contributed by atoms with van der Waals surface area (Å²) in [5.74, 6) is 0. The first-order chi connectivity index (χ1) is 13.9. The number of benzene rings is 2. The number of hydrogen-bond acceptors (Lipinski definition) is 3. The Balaban J connectivity index is 1.76. The second-order valence-electron chi connectivity index (χ2n) is 6.75. The SMILES string of the molecule is CCc1ccc(/C(C)=N\NC(=S)Nc2c(C)n(C)n(-c3ccccc3)c2=O)cc1. The van der Waals surface area contributed by atoms with Gasteiger partial charge in [-0.1, -0.05) is 49.4 Å². The maximum absolute atomic E-state index is 12.9. The smallest absolute Gasteiger partial charge is 0.295 e. The molecule has 7 heteroatoms. The number of aryl methyl sites for hydroxylation is 1. The quantitative estimate of drug-likeness (QED) is 0.384. The predicted molar refractivity (Wildman–Crippen MR) is 123 cm³/mol. The number of hydrogen-bond donors (Lipinski definition) is 2. The van der Waals surface area contributed by atoms with Crippen LogP contribution in [0.3, 0.4) is 0 Å². The Hall–Kier alpha value is -3.19. The molecule has 6 nitrogen and oxygen atoms in total. The molecule has 1 heterocycles. The first-order valence-electron chi connectivity index (χ1n) is 9.47. The van der Waals surface area contributed by atoms with Gasteiger partial charge in [0.05, 0.1) is 17.1 Å². The van der Waals surface area contributed by atoms with E-state index in [-0.39, 0.29) is 10.7 Å². The summed E-state index contributed by atoms with van der Waals surface area (Å²) >= 11 is 5.35. The molecule has 29 heavy (non-hydrogen) atoms. The van der Waals surface area contributed by atoms with Crippen LogP contribution in [0.2, 0.25) is 0 Å². The van der Waals surface area contributed by atoms with Crippen LogP contribution < -0.4 is 16.3 Å². The lowest BCUT2D eigenvalue weighted by atomic mass is 10.1. The average molecular weight is 408 g/mol. The van der Waals surface area contributed by atoms with E-state index in [0.717, 1.165) is 29.1 Å². The van der Waals surface area contributed by atoms with Crippen molar-refractivity contribution in [2.45, 2.75) is 27.2 Å². The van der Waals surface area contributed by atoms with Gasteiger partial charge in [0.2, 0.25) is 0 Å². The lowest BCUT2D eigenvalue weighted by molar-refractivity contribution is 0.630. The lowest BCUT2D eigenvalue weighted by Gasteiger charge is -2.08. The molecule has 2 aromatic carbocycles. The van der Waals surface area contributed by atoms with Crippen molar-refractivity contribution < 1.29 is 0 Å². The molecule has 150 valence electrons. The molecule has 0 aliphatic rings. The molecule has 1 aromatic heterocycles. The topological polar surface area (TPSA) is 63.4 Å². The van der Waals surface area contributed by atoms with Crippen LogP contribution in [0, 0.1) is 6.92 Å². The van der Waals surface area contributed by atoms with Gasteiger partial charge in [0.15, 0.2) is 5.11 Å². The number of thiocarbonyl (C=S) groups is 1. The Morgan fingerprint density at radius 1 is 1.10 bits per heavy atom. The predicted octanol–water partition coefficient (Wildman–Crippen LogP) is 3.76. The number of aromatic nitrogens is 2. The zero-order valence-electron chi connectivity index (χ0n) is 17.1. The van der Waals surface area contributed by atoms with Crippen LogP contribution in [0.1, 0.15) is 30.7 Å². The fourth-order valence-corrected chi connectivity index (χ4v) is 3.18. The lowest BCUT2D eigenvalue weighted by Crippen LogP contribution is -2.28. The Morgan fingerprint density at radius 3 is 2.38 bits per heavy atom. The summed E-state index contributed by atoms with van der Waals surface area (Å²) in [6.45, 7) is 5.90. The Labute approximate surface area is 175 Å². The molecule has 0 saturated heterocycles. The molecule has 0 atom stereocenters. The summed E-state index contributed by atoms with van der Waals surface area (Å²) in [6, 6.07) is 17.7. The Kier molecular flexibility index (Phi) is 6.29. The van der Waals surface area contributed by atoms with Gasteiger partial charge in [-0.2, -0.15) is 5.10 Å². The van der Waals surface area contributed by atoms with Gasteiger partial charge >= 0.3 is 0 Å². The highest BCUT2D eigenvalue weighted by molar-refractivity contribution is 7.80. The zero-order chi connectivity index (χ0) is 21.0. The fraction of sp³-hybridized carbons (Fsp3) is 0.227. The molecular weight excluding hydrogens is 382 g/mol. The van der Waals surface area contributed by atoms with Crippen molar-refractivity contribution in [2.24, 2.45) is 12.1 Å². The van der Waals surface area contributed by atoms with Crippen molar-refractivity contribution >= 4 is 28.7 Å². The van der Waals surface area contributed by atoms with Crippen LogP contribution in [0.25, 0.3) is 5.69 Å². The van der Waals surface area contributed by atoms with E-state index in [0.29, 0.717) is 5.69 Å². The normalized spacial score (nSPS) is 11.4. The summed E-state index contributed by atoms with van der Waals surface area (Å²) in [7, 11) is 1.84. The zero-order valence-corrected chi connectivity index (χ0v) is 17.9. The number of para-hydroxylation sites is 1. The maximum atomic E-state index is 12.9. The first-order valence-corrected chi connectivity index (χ1v) is 9.87. The highest BCUT2D eigenvalue weighted by Gasteiger charge is 2.16. The summed E-state index contributed by atoms with van der Waals surface area (Å²) in [5, 5.41) is 7.60. The van der Waals surface area contributed by atoms with Gasteiger partial charge in [0.25, 0.3) is 5.56 Å². The summed E-state index contributed by atoms with van der Waals surface area (Å²) in [4.78, 5) is 12.9. The van der Waals surface area contributed by atoms with Crippen LogP contribution in [-0.4, -0.2) is 20.2 Å². The van der Waals surface area contributed by atoms with Crippen LogP contribution in [0.4, 0.5) is 5.69 Å². The van der Waals surface area contributed by atoms with Crippen LogP contribution in [0.5, 0.6) is 0 Å². The molecule has 0 amide bonds. The second kappa shape index (κ2) is 8.87. The van der Waals surface area contributed by atoms with Gasteiger partial charge in [-0.05, 0) is 55.7 Å². The molecule has 0 aliphatic heterocycles. The van der Waals surface area contributed by atoms with E-state index in [9.17, 15) is 4.79 Å². The Morgan fingerprint density at radius 2 is 1.76 bits per heavy atom. The van der Waals surface area contributed by atoms with Crippen molar-refractivity contribution in [1.29, 1.82) is 0 Å². The number of rotatable bonds is 5. The van der Waals surface area contributed by atoms with Crippen molar-refractivity contribution in [3.63, 3.8) is 0 Å². The van der Waals surface area contributed by atoms with E-state index in [1.165, 1.54) is 5.56 Å². The number of hydrazone groups is 1. The van der Waals surface area contributed by atoms with Gasteiger partial charge < -0.3 is 5.32 Å². The molecule has 2 N–H and O–H groups in total. The summed E-state index contributed by atoms with van der Waals surface area (Å²) in [5.41, 5.74) is 7.76. The fourth-order valence-electron chi connectivity index (χ4n) is 3.03. The number of nitrogens with one attached hydrogen (secondary N) is 2. The molecule has 0 bridgehead atoms. The minimum Gasteiger partial charge on any atom is -0.325 e. The largest absolute Gasteiger partial charge is 0.325 e. The van der Waals surface area contributed by atoms with Crippen LogP contribution in [-0.2, 0) is 13.5 Å². The molecule has 0 unspecified atom stereocenters. The third-order valence-electron chi connectivity index (χ3n) is 4.90. The Bertz CT molecular complexity index is 1090. The van der Waals surface area contributed by atoms with E-state index in [1.54, 1.807) is 9.36 Å². The third kappa shape index (κ3) is 4.46. The van der Waals surface area contributed by atoms with E-state index < -0.39 is 0 Å². The average Bonchev–Trinajstić information content (AvgIpc) is 2.95.